The first kappa shape index (κ1) is 20.3. The van der Waals surface area contributed by atoms with Gasteiger partial charge in [-0.05, 0) is 49.9 Å². The second-order valence-electron chi connectivity index (χ2n) is 8.58. The van der Waals surface area contributed by atoms with Gasteiger partial charge >= 0.3 is 0 Å². The van der Waals surface area contributed by atoms with Crippen LogP contribution in [0.4, 0.5) is 0 Å². The maximum Gasteiger partial charge on any atom is 0.247 e. The molecule has 2 fully saturated rings. The molecule has 0 saturated carbocycles. The molecule has 0 radical (unpaired) electrons. The second-order valence-corrected chi connectivity index (χ2v) is 10.4. The fraction of sp³-hybridized carbons (Fsp3) is 0.375. The standard InChI is InChI=1S/C24H27N3O3S/c1-16-24(17(2)26-25-16)31(28,29)27-20-10-11-21(27)15-23(14-20)30-22-12-8-19(9-13-22)18-6-4-3-5-7-18/h3-9,12-13,20-21,23H,10-11,14-15H2,1-2H3,(H,25,26)/t20-,21+,23+. The molecular formula is C24H27N3O3S. The SMILES string of the molecule is Cc1n[nH]c(C)c1S(=O)(=O)N1[C@@H]2CC[C@H]1C[C@@H](Oc1ccc(-c3ccccc3)cc1)C2. The quantitative estimate of drug-likeness (QED) is 0.640. The third-order valence-electron chi connectivity index (χ3n) is 6.48. The van der Waals surface area contributed by atoms with Crippen LogP contribution in [0.2, 0.25) is 0 Å². The summed E-state index contributed by atoms with van der Waals surface area (Å²) in [5, 5.41) is 6.90. The van der Waals surface area contributed by atoms with E-state index in [-0.39, 0.29) is 18.2 Å². The van der Waals surface area contributed by atoms with E-state index >= 15 is 0 Å². The van der Waals surface area contributed by atoms with Crippen LogP contribution in [0.25, 0.3) is 11.1 Å². The van der Waals surface area contributed by atoms with Crippen molar-refractivity contribution in [3.63, 3.8) is 0 Å². The van der Waals surface area contributed by atoms with Gasteiger partial charge in [-0.25, -0.2) is 8.42 Å². The number of sulfonamides is 1. The van der Waals surface area contributed by atoms with Gasteiger partial charge in [-0.3, -0.25) is 5.10 Å². The fourth-order valence-corrected chi connectivity index (χ4v) is 7.38. The Balaban J connectivity index is 1.30. The lowest BCUT2D eigenvalue weighted by atomic mass is 10.0. The molecule has 0 amide bonds. The first-order valence-corrected chi connectivity index (χ1v) is 12.2. The Kier molecular flexibility index (Phi) is 5.10. The summed E-state index contributed by atoms with van der Waals surface area (Å²) in [5.41, 5.74) is 3.47. The van der Waals surface area contributed by atoms with Crippen LogP contribution < -0.4 is 4.74 Å². The van der Waals surface area contributed by atoms with Crippen LogP contribution in [0, 0.1) is 13.8 Å². The van der Waals surface area contributed by atoms with Crippen LogP contribution in [0.3, 0.4) is 0 Å². The lowest BCUT2D eigenvalue weighted by Crippen LogP contribution is -2.49. The predicted molar refractivity (Wildman–Crippen MR) is 119 cm³/mol. The summed E-state index contributed by atoms with van der Waals surface area (Å²) in [7, 11) is -3.56. The average Bonchev–Trinajstić information content (AvgIpc) is 3.26. The normalized spacial score (nSPS) is 23.7. The molecule has 1 aromatic heterocycles. The Morgan fingerprint density at radius 3 is 2.13 bits per heavy atom. The molecule has 1 N–H and O–H groups in total. The number of hydrogen-bond donors (Lipinski definition) is 1. The number of aromatic nitrogens is 2. The number of nitrogens with one attached hydrogen (secondary N) is 1. The van der Waals surface area contributed by atoms with Gasteiger partial charge in [0, 0.05) is 24.9 Å². The minimum absolute atomic E-state index is 0.0222. The summed E-state index contributed by atoms with van der Waals surface area (Å²) < 4.78 is 34.8. The number of benzene rings is 2. The number of fused-ring (bicyclic) bond motifs is 2. The summed E-state index contributed by atoms with van der Waals surface area (Å²) in [5.74, 6) is 0.835. The van der Waals surface area contributed by atoms with Gasteiger partial charge in [0.05, 0.1) is 11.4 Å². The highest BCUT2D eigenvalue weighted by molar-refractivity contribution is 7.89. The number of aryl methyl sites for hydroxylation is 2. The third kappa shape index (κ3) is 3.66. The molecule has 0 spiro atoms. The highest BCUT2D eigenvalue weighted by Gasteiger charge is 2.48. The molecule has 31 heavy (non-hydrogen) atoms. The van der Waals surface area contributed by atoms with Crippen molar-refractivity contribution in [1.29, 1.82) is 0 Å². The zero-order valence-corrected chi connectivity index (χ0v) is 18.6. The van der Waals surface area contributed by atoms with E-state index in [1.165, 1.54) is 5.56 Å². The highest BCUT2D eigenvalue weighted by Crippen LogP contribution is 2.41. The van der Waals surface area contributed by atoms with Gasteiger partial charge in [0.15, 0.2) is 0 Å². The van der Waals surface area contributed by atoms with E-state index < -0.39 is 10.0 Å². The molecule has 3 aromatic rings. The van der Waals surface area contributed by atoms with Crippen molar-refractivity contribution in [3.05, 3.63) is 66.0 Å². The Hall–Kier alpha value is -2.64. The summed E-state index contributed by atoms with van der Waals surface area (Å²) in [6.07, 6.45) is 3.22. The van der Waals surface area contributed by atoms with Crippen LogP contribution in [-0.2, 0) is 10.0 Å². The number of ether oxygens (including phenoxy) is 1. The first-order valence-electron chi connectivity index (χ1n) is 10.8. The summed E-state index contributed by atoms with van der Waals surface area (Å²) >= 11 is 0. The van der Waals surface area contributed by atoms with Gasteiger partial charge in [-0.15, -0.1) is 0 Å². The minimum Gasteiger partial charge on any atom is -0.490 e. The predicted octanol–water partition coefficient (Wildman–Crippen LogP) is 4.46. The molecular weight excluding hydrogens is 410 g/mol. The van der Waals surface area contributed by atoms with Crippen LogP contribution in [0.1, 0.15) is 37.1 Å². The summed E-state index contributed by atoms with van der Waals surface area (Å²) in [6.45, 7) is 3.51. The smallest absolute Gasteiger partial charge is 0.247 e. The van der Waals surface area contributed by atoms with Crippen molar-refractivity contribution in [2.45, 2.75) is 62.6 Å². The van der Waals surface area contributed by atoms with Crippen LogP contribution in [0.5, 0.6) is 5.75 Å². The van der Waals surface area contributed by atoms with Crippen molar-refractivity contribution < 1.29 is 13.2 Å². The monoisotopic (exact) mass is 437 g/mol. The lowest BCUT2D eigenvalue weighted by Gasteiger charge is -2.37. The molecule has 0 unspecified atom stereocenters. The summed E-state index contributed by atoms with van der Waals surface area (Å²) in [6, 6.07) is 18.4. The molecule has 3 atom stereocenters. The molecule has 2 aliphatic heterocycles. The van der Waals surface area contributed by atoms with Gasteiger partial charge in [0.1, 0.15) is 16.7 Å². The van der Waals surface area contributed by atoms with E-state index in [1.807, 2.05) is 30.3 Å². The Labute approximate surface area is 183 Å². The number of aromatic amines is 1. The molecule has 2 aliphatic rings. The maximum atomic E-state index is 13.4. The maximum absolute atomic E-state index is 13.4. The van der Waals surface area contributed by atoms with Crippen LogP contribution >= 0.6 is 0 Å². The Morgan fingerprint density at radius 2 is 1.55 bits per heavy atom. The molecule has 0 aliphatic carbocycles. The van der Waals surface area contributed by atoms with Crippen LogP contribution in [0.15, 0.2) is 59.5 Å². The fourth-order valence-electron chi connectivity index (χ4n) is 5.15. The molecule has 7 heteroatoms. The largest absolute Gasteiger partial charge is 0.490 e. The Morgan fingerprint density at radius 1 is 0.935 bits per heavy atom. The third-order valence-corrected chi connectivity index (χ3v) is 8.75. The van der Waals surface area contributed by atoms with E-state index in [1.54, 1.807) is 18.2 Å². The van der Waals surface area contributed by atoms with Gasteiger partial charge in [-0.2, -0.15) is 9.40 Å². The first-order chi connectivity index (χ1) is 14.9. The van der Waals surface area contributed by atoms with E-state index in [0.29, 0.717) is 29.1 Å². The molecule has 5 rings (SSSR count). The van der Waals surface area contributed by atoms with Crippen molar-refractivity contribution >= 4 is 10.0 Å². The number of rotatable bonds is 5. The minimum atomic E-state index is -3.56. The van der Waals surface area contributed by atoms with Gasteiger partial charge < -0.3 is 4.74 Å². The number of piperidine rings is 1. The van der Waals surface area contributed by atoms with Crippen molar-refractivity contribution in [3.8, 4) is 16.9 Å². The highest BCUT2D eigenvalue weighted by atomic mass is 32.2. The topological polar surface area (TPSA) is 75.3 Å². The number of H-pyrrole nitrogens is 1. The van der Waals surface area contributed by atoms with Crippen molar-refractivity contribution in [1.82, 2.24) is 14.5 Å². The molecule has 2 saturated heterocycles. The van der Waals surface area contributed by atoms with E-state index in [9.17, 15) is 8.42 Å². The second kappa shape index (κ2) is 7.80. The van der Waals surface area contributed by atoms with E-state index in [4.69, 9.17) is 4.74 Å². The van der Waals surface area contributed by atoms with Gasteiger partial charge in [-0.1, -0.05) is 42.5 Å². The van der Waals surface area contributed by atoms with E-state index in [2.05, 4.69) is 34.5 Å². The van der Waals surface area contributed by atoms with Gasteiger partial charge in [0.2, 0.25) is 10.0 Å². The number of nitrogens with zero attached hydrogens (tertiary/aromatic N) is 2. The van der Waals surface area contributed by atoms with Crippen molar-refractivity contribution in [2.24, 2.45) is 0 Å². The molecule has 2 aromatic carbocycles. The zero-order valence-electron chi connectivity index (χ0n) is 17.8. The molecule has 3 heterocycles. The van der Waals surface area contributed by atoms with Crippen molar-refractivity contribution in [2.75, 3.05) is 0 Å². The zero-order chi connectivity index (χ0) is 21.6. The van der Waals surface area contributed by atoms with Gasteiger partial charge in [0.25, 0.3) is 0 Å². The molecule has 162 valence electrons. The Bertz CT molecular complexity index is 1140. The van der Waals surface area contributed by atoms with Crippen LogP contribution in [-0.4, -0.2) is 41.1 Å². The molecule has 2 bridgehead atoms. The van der Waals surface area contributed by atoms with E-state index in [0.717, 1.165) is 24.2 Å². The lowest BCUT2D eigenvalue weighted by molar-refractivity contribution is 0.0956. The average molecular weight is 438 g/mol. The molecule has 6 nitrogen and oxygen atoms in total. The summed E-state index contributed by atoms with van der Waals surface area (Å²) in [4.78, 5) is 0.334. The number of hydrogen-bond acceptors (Lipinski definition) is 4.